The lowest BCUT2D eigenvalue weighted by molar-refractivity contribution is -0.384. The quantitative estimate of drug-likeness (QED) is 0.630. The van der Waals surface area contributed by atoms with Crippen LogP contribution in [-0.2, 0) is 0 Å². The maximum Gasteiger partial charge on any atom is 0.288 e. The van der Waals surface area contributed by atoms with E-state index >= 15 is 0 Å². The van der Waals surface area contributed by atoms with Crippen LogP contribution in [0.5, 0.6) is 5.75 Å². The van der Waals surface area contributed by atoms with E-state index in [1.165, 1.54) is 18.2 Å². The first kappa shape index (κ1) is 12.0. The minimum Gasteiger partial charge on any atom is -0.488 e. The van der Waals surface area contributed by atoms with Crippen LogP contribution in [-0.4, -0.2) is 11.5 Å². The molecule has 0 aliphatic carbocycles. The third kappa shape index (κ3) is 3.53. The summed E-state index contributed by atoms with van der Waals surface area (Å²) in [6.45, 7) is 3.87. The molecule has 0 bridgehead atoms. The van der Waals surface area contributed by atoms with Gasteiger partial charge in [-0.05, 0) is 6.07 Å². The molecule has 4 nitrogen and oxygen atoms in total. The molecule has 0 saturated heterocycles. The number of ether oxygens (including phenoxy) is 1. The molecule has 0 atom stereocenters. The average molecular weight is 293 g/mol. The Hall–Kier alpha value is -1.07. The molecule has 0 heterocycles. The molecule has 1 rings (SSSR count). The molecule has 0 amide bonds. The second-order valence-corrected chi connectivity index (χ2v) is 4.20. The second-order valence-electron chi connectivity index (χ2n) is 2.68. The van der Waals surface area contributed by atoms with Crippen molar-refractivity contribution in [1.29, 1.82) is 0 Å². The molecule has 80 valence electrons. The fraction of sp³-hybridized carbons (Fsp3) is 0.111. The molecular weight excluding hydrogens is 285 g/mol. The zero-order valence-corrected chi connectivity index (χ0v) is 9.92. The van der Waals surface area contributed by atoms with E-state index in [4.69, 9.17) is 16.3 Å². The number of rotatable bonds is 4. The van der Waals surface area contributed by atoms with Gasteiger partial charge < -0.3 is 4.74 Å². The van der Waals surface area contributed by atoms with Crippen molar-refractivity contribution in [2.45, 2.75) is 0 Å². The Morgan fingerprint density at radius 1 is 1.67 bits per heavy atom. The van der Waals surface area contributed by atoms with Crippen molar-refractivity contribution in [3.05, 3.63) is 44.4 Å². The predicted molar refractivity (Wildman–Crippen MR) is 61.7 cm³/mol. The highest BCUT2D eigenvalue weighted by atomic mass is 79.9. The fourth-order valence-electron chi connectivity index (χ4n) is 0.887. The van der Waals surface area contributed by atoms with Crippen molar-refractivity contribution in [3.63, 3.8) is 0 Å². The lowest BCUT2D eigenvalue weighted by atomic mass is 10.3. The molecular formula is C9H7BrClNO3. The van der Waals surface area contributed by atoms with Gasteiger partial charge in [0.2, 0.25) is 0 Å². The van der Waals surface area contributed by atoms with Gasteiger partial charge in [0.1, 0.15) is 17.4 Å². The van der Waals surface area contributed by atoms with Crippen LogP contribution < -0.4 is 4.74 Å². The first-order valence-electron chi connectivity index (χ1n) is 3.90. The molecule has 1 aromatic carbocycles. The Labute approximate surface area is 99.8 Å². The van der Waals surface area contributed by atoms with Crippen LogP contribution >= 0.6 is 27.5 Å². The summed E-state index contributed by atoms with van der Waals surface area (Å²) >= 11 is 8.81. The molecule has 0 unspecified atom stereocenters. The maximum atomic E-state index is 10.5. The standard InChI is InChI=1S/C9H7BrClNO3/c1-6(10)5-15-7-2-3-9(12(13)14)8(11)4-7/h2-4H,1,5H2. The molecule has 0 spiro atoms. The van der Waals surface area contributed by atoms with Gasteiger partial charge >= 0.3 is 0 Å². The number of nitro benzene ring substituents is 1. The largest absolute Gasteiger partial charge is 0.488 e. The molecule has 0 aliphatic rings. The number of nitrogens with zero attached hydrogens (tertiary/aromatic N) is 1. The van der Waals surface area contributed by atoms with Gasteiger partial charge in [0.05, 0.1) is 4.92 Å². The van der Waals surface area contributed by atoms with Gasteiger partial charge in [-0.15, -0.1) is 0 Å². The summed E-state index contributed by atoms with van der Waals surface area (Å²) < 4.78 is 5.91. The van der Waals surface area contributed by atoms with E-state index < -0.39 is 4.92 Å². The van der Waals surface area contributed by atoms with Crippen LogP contribution in [0, 0.1) is 10.1 Å². The lowest BCUT2D eigenvalue weighted by Gasteiger charge is -2.04. The molecule has 0 fully saturated rings. The van der Waals surface area contributed by atoms with Gasteiger partial charge in [0.25, 0.3) is 5.69 Å². The highest BCUT2D eigenvalue weighted by Crippen LogP contribution is 2.28. The number of benzene rings is 1. The molecule has 0 aromatic heterocycles. The number of hydrogen-bond donors (Lipinski definition) is 0. The first-order valence-corrected chi connectivity index (χ1v) is 5.08. The minimum atomic E-state index is -0.546. The van der Waals surface area contributed by atoms with Crippen LogP contribution in [0.2, 0.25) is 5.02 Å². The number of halogens is 2. The summed E-state index contributed by atoms with van der Waals surface area (Å²) in [7, 11) is 0. The summed E-state index contributed by atoms with van der Waals surface area (Å²) in [6.07, 6.45) is 0. The fourth-order valence-corrected chi connectivity index (χ4v) is 1.24. The normalized spacial score (nSPS) is 9.73. The molecule has 15 heavy (non-hydrogen) atoms. The third-order valence-corrected chi connectivity index (χ3v) is 2.04. The van der Waals surface area contributed by atoms with Crippen LogP contribution in [0.3, 0.4) is 0 Å². The van der Waals surface area contributed by atoms with E-state index in [1.807, 2.05) is 0 Å². The van der Waals surface area contributed by atoms with E-state index in [9.17, 15) is 10.1 Å². The predicted octanol–water partition coefficient (Wildman–Crippen LogP) is 3.54. The summed E-state index contributed by atoms with van der Waals surface area (Å²) in [5, 5.41) is 10.5. The van der Waals surface area contributed by atoms with Crippen molar-refractivity contribution in [1.82, 2.24) is 0 Å². The van der Waals surface area contributed by atoms with E-state index in [0.717, 1.165) is 0 Å². The second kappa shape index (κ2) is 5.14. The first-order chi connectivity index (χ1) is 7.00. The van der Waals surface area contributed by atoms with E-state index in [0.29, 0.717) is 10.2 Å². The van der Waals surface area contributed by atoms with Gasteiger partial charge in [-0.2, -0.15) is 0 Å². The zero-order chi connectivity index (χ0) is 11.4. The third-order valence-electron chi connectivity index (χ3n) is 1.51. The van der Waals surface area contributed by atoms with Crippen molar-refractivity contribution in [2.24, 2.45) is 0 Å². The lowest BCUT2D eigenvalue weighted by Crippen LogP contribution is -1.96. The molecule has 6 heteroatoms. The van der Waals surface area contributed by atoms with Gasteiger partial charge in [-0.1, -0.05) is 34.1 Å². The zero-order valence-electron chi connectivity index (χ0n) is 7.57. The van der Waals surface area contributed by atoms with Crippen LogP contribution in [0.1, 0.15) is 0 Å². The van der Waals surface area contributed by atoms with Crippen LogP contribution in [0.4, 0.5) is 5.69 Å². The molecule has 0 aliphatic heterocycles. The van der Waals surface area contributed by atoms with Gasteiger partial charge in [-0.25, -0.2) is 0 Å². The topological polar surface area (TPSA) is 52.4 Å². The molecule has 0 radical (unpaired) electrons. The monoisotopic (exact) mass is 291 g/mol. The number of hydrogen-bond acceptors (Lipinski definition) is 3. The van der Waals surface area contributed by atoms with Crippen LogP contribution in [0.25, 0.3) is 0 Å². The Morgan fingerprint density at radius 3 is 2.80 bits per heavy atom. The SMILES string of the molecule is C=C(Br)COc1ccc([N+](=O)[O-])c(Cl)c1. The summed E-state index contributed by atoms with van der Waals surface area (Å²) in [5.74, 6) is 0.464. The van der Waals surface area contributed by atoms with Crippen molar-refractivity contribution >= 4 is 33.2 Å². The Kier molecular flexibility index (Phi) is 4.11. The average Bonchev–Trinajstić information content (AvgIpc) is 2.14. The Balaban J connectivity index is 2.82. The Morgan fingerprint density at radius 2 is 2.33 bits per heavy atom. The van der Waals surface area contributed by atoms with Crippen molar-refractivity contribution in [2.75, 3.05) is 6.61 Å². The summed E-state index contributed by atoms with van der Waals surface area (Å²) in [6, 6.07) is 4.18. The maximum absolute atomic E-state index is 10.5. The molecule has 1 aromatic rings. The minimum absolute atomic E-state index is 0.0534. The smallest absolute Gasteiger partial charge is 0.288 e. The van der Waals surface area contributed by atoms with Crippen molar-refractivity contribution < 1.29 is 9.66 Å². The van der Waals surface area contributed by atoms with E-state index in [1.54, 1.807) is 0 Å². The summed E-state index contributed by atoms with van der Waals surface area (Å²) in [4.78, 5) is 9.91. The van der Waals surface area contributed by atoms with Gasteiger partial charge in [-0.3, -0.25) is 10.1 Å². The van der Waals surface area contributed by atoms with Crippen molar-refractivity contribution in [3.8, 4) is 5.75 Å². The highest BCUT2D eigenvalue weighted by molar-refractivity contribution is 9.11. The van der Waals surface area contributed by atoms with Crippen LogP contribution in [0.15, 0.2) is 29.3 Å². The molecule has 0 saturated carbocycles. The number of nitro groups is 1. The molecule has 0 N–H and O–H groups in total. The van der Waals surface area contributed by atoms with E-state index in [-0.39, 0.29) is 17.3 Å². The van der Waals surface area contributed by atoms with Gasteiger partial charge in [0, 0.05) is 16.6 Å². The summed E-state index contributed by atoms with van der Waals surface area (Å²) in [5.41, 5.74) is -0.137. The van der Waals surface area contributed by atoms with Gasteiger partial charge in [0.15, 0.2) is 0 Å². The van der Waals surface area contributed by atoms with E-state index in [2.05, 4.69) is 22.5 Å². The Bertz CT molecular complexity index is 408. The highest BCUT2D eigenvalue weighted by Gasteiger charge is 2.12.